The predicted octanol–water partition coefficient (Wildman–Crippen LogP) is 4.36. The molecule has 110 valence electrons. The summed E-state index contributed by atoms with van der Waals surface area (Å²) < 4.78 is 5.57. The molecular formula is C17H25NOS. The maximum atomic E-state index is 5.57. The Balaban J connectivity index is 1.83. The fraction of sp³-hybridized carbons (Fsp3) is 0.647. The predicted molar refractivity (Wildman–Crippen MR) is 85.3 cm³/mol. The highest BCUT2D eigenvalue weighted by atomic mass is 32.1. The van der Waals surface area contributed by atoms with E-state index in [0.29, 0.717) is 6.04 Å². The first-order valence-corrected chi connectivity index (χ1v) is 8.85. The highest BCUT2D eigenvalue weighted by molar-refractivity contribution is 7.12. The van der Waals surface area contributed by atoms with E-state index >= 15 is 0 Å². The van der Waals surface area contributed by atoms with Crippen LogP contribution in [0.3, 0.4) is 0 Å². The van der Waals surface area contributed by atoms with Gasteiger partial charge < -0.3 is 10.1 Å². The average molecular weight is 291 g/mol. The van der Waals surface area contributed by atoms with Crippen molar-refractivity contribution in [2.45, 2.75) is 57.9 Å². The van der Waals surface area contributed by atoms with Gasteiger partial charge in [0.15, 0.2) is 0 Å². The molecule has 1 aliphatic heterocycles. The van der Waals surface area contributed by atoms with Gasteiger partial charge in [0.2, 0.25) is 0 Å². The van der Waals surface area contributed by atoms with E-state index in [1.165, 1.54) is 49.0 Å². The van der Waals surface area contributed by atoms with E-state index < -0.39 is 0 Å². The summed E-state index contributed by atoms with van der Waals surface area (Å²) in [7, 11) is 0. The van der Waals surface area contributed by atoms with Gasteiger partial charge in [-0.2, -0.15) is 0 Å². The molecule has 0 spiro atoms. The van der Waals surface area contributed by atoms with Crippen molar-refractivity contribution in [2.75, 3.05) is 13.2 Å². The molecule has 3 heteroatoms. The molecule has 0 saturated heterocycles. The summed E-state index contributed by atoms with van der Waals surface area (Å²) in [5.74, 6) is 0. The summed E-state index contributed by atoms with van der Waals surface area (Å²) in [5, 5.41) is 3.73. The Kier molecular flexibility index (Phi) is 4.79. The molecule has 0 bridgehead atoms. The molecule has 0 aromatic carbocycles. The smallest absolute Gasteiger partial charge is 0.0876 e. The fourth-order valence-electron chi connectivity index (χ4n) is 3.16. The van der Waals surface area contributed by atoms with Crippen LogP contribution < -0.4 is 5.32 Å². The molecule has 20 heavy (non-hydrogen) atoms. The first-order valence-electron chi connectivity index (χ1n) is 8.04. The van der Waals surface area contributed by atoms with E-state index in [-0.39, 0.29) is 0 Å². The zero-order valence-electron chi connectivity index (χ0n) is 12.4. The van der Waals surface area contributed by atoms with Crippen molar-refractivity contribution in [1.82, 2.24) is 5.32 Å². The maximum Gasteiger partial charge on any atom is 0.0876 e. The van der Waals surface area contributed by atoms with Gasteiger partial charge in [0.1, 0.15) is 0 Å². The number of thiophene rings is 1. The number of hydrogen-bond acceptors (Lipinski definition) is 3. The number of aryl methyl sites for hydroxylation is 2. The third kappa shape index (κ3) is 3.09. The van der Waals surface area contributed by atoms with E-state index in [1.54, 1.807) is 10.4 Å². The van der Waals surface area contributed by atoms with E-state index in [4.69, 9.17) is 4.74 Å². The molecule has 1 unspecified atom stereocenters. The minimum atomic E-state index is 0.380. The van der Waals surface area contributed by atoms with Gasteiger partial charge in [-0.15, -0.1) is 11.3 Å². The Morgan fingerprint density at radius 1 is 1.25 bits per heavy atom. The third-order valence-electron chi connectivity index (χ3n) is 4.23. The van der Waals surface area contributed by atoms with Gasteiger partial charge in [0, 0.05) is 9.75 Å². The van der Waals surface area contributed by atoms with Gasteiger partial charge in [-0.25, -0.2) is 0 Å². The summed E-state index contributed by atoms with van der Waals surface area (Å²) in [6.07, 6.45) is 10.8. The van der Waals surface area contributed by atoms with E-state index in [2.05, 4.69) is 18.3 Å². The van der Waals surface area contributed by atoms with Crippen LogP contribution in [0.4, 0.5) is 0 Å². The molecule has 2 heterocycles. The van der Waals surface area contributed by atoms with Gasteiger partial charge in [0.05, 0.1) is 18.9 Å². The molecular weight excluding hydrogens is 266 g/mol. The van der Waals surface area contributed by atoms with Crippen LogP contribution in [0, 0.1) is 0 Å². The fourth-order valence-corrected chi connectivity index (χ4v) is 4.53. The Morgan fingerprint density at radius 2 is 2.15 bits per heavy atom. The summed E-state index contributed by atoms with van der Waals surface area (Å²) in [6, 6.07) is 2.84. The van der Waals surface area contributed by atoms with Crippen molar-refractivity contribution in [3.05, 3.63) is 33.2 Å². The standard InChI is InChI=1S/C17H25NOS/c1-2-9-18-17(14-7-5-10-19-12-14)16-11-13-6-3-4-8-15(13)20-16/h11-12,17-18H,2-10H2,1H3. The van der Waals surface area contributed by atoms with Crippen LogP contribution >= 0.6 is 11.3 Å². The summed E-state index contributed by atoms with van der Waals surface area (Å²) in [5.41, 5.74) is 3.04. The van der Waals surface area contributed by atoms with E-state index in [0.717, 1.165) is 19.6 Å². The molecule has 2 aliphatic rings. The average Bonchev–Trinajstić information content (AvgIpc) is 2.92. The summed E-state index contributed by atoms with van der Waals surface area (Å²) in [4.78, 5) is 3.13. The van der Waals surface area contributed by atoms with E-state index in [9.17, 15) is 0 Å². The minimum Gasteiger partial charge on any atom is -0.501 e. The molecule has 1 aromatic rings. The van der Waals surface area contributed by atoms with Gasteiger partial charge in [-0.05, 0) is 68.7 Å². The van der Waals surface area contributed by atoms with Gasteiger partial charge in [-0.3, -0.25) is 0 Å². The van der Waals surface area contributed by atoms with Crippen molar-refractivity contribution >= 4 is 11.3 Å². The molecule has 2 nitrogen and oxygen atoms in total. The van der Waals surface area contributed by atoms with Crippen molar-refractivity contribution in [1.29, 1.82) is 0 Å². The molecule has 3 rings (SSSR count). The first kappa shape index (κ1) is 14.2. The van der Waals surface area contributed by atoms with Crippen molar-refractivity contribution in [2.24, 2.45) is 0 Å². The summed E-state index contributed by atoms with van der Waals surface area (Å²) >= 11 is 2.03. The normalized spacial score (nSPS) is 19.9. The van der Waals surface area contributed by atoms with Crippen molar-refractivity contribution in [3.63, 3.8) is 0 Å². The number of fused-ring (bicyclic) bond motifs is 1. The van der Waals surface area contributed by atoms with Gasteiger partial charge in [0.25, 0.3) is 0 Å². The molecule has 0 fully saturated rings. The Bertz CT molecular complexity index is 454. The minimum absolute atomic E-state index is 0.380. The molecule has 0 saturated carbocycles. The van der Waals surface area contributed by atoms with Crippen LogP contribution in [0.15, 0.2) is 17.9 Å². The van der Waals surface area contributed by atoms with Crippen LogP contribution in [0.1, 0.15) is 60.4 Å². The molecule has 1 aromatic heterocycles. The number of nitrogens with one attached hydrogen (secondary N) is 1. The van der Waals surface area contributed by atoms with Crippen LogP contribution in [0.25, 0.3) is 0 Å². The lowest BCUT2D eigenvalue weighted by Crippen LogP contribution is -2.24. The number of hydrogen-bond donors (Lipinski definition) is 1. The van der Waals surface area contributed by atoms with E-state index in [1.807, 2.05) is 17.6 Å². The second-order valence-electron chi connectivity index (χ2n) is 5.86. The molecule has 1 atom stereocenters. The SMILES string of the molecule is CCCNC(C1=COCCC1)c1cc2c(s1)CCCC2. The van der Waals surface area contributed by atoms with Gasteiger partial charge >= 0.3 is 0 Å². The van der Waals surface area contributed by atoms with Crippen LogP contribution in [-0.4, -0.2) is 13.2 Å². The van der Waals surface area contributed by atoms with Crippen LogP contribution in [0.2, 0.25) is 0 Å². The molecule has 0 amide bonds. The molecule has 0 radical (unpaired) electrons. The lowest BCUT2D eigenvalue weighted by atomic mass is 9.96. The monoisotopic (exact) mass is 291 g/mol. The topological polar surface area (TPSA) is 21.3 Å². The largest absolute Gasteiger partial charge is 0.501 e. The second-order valence-corrected chi connectivity index (χ2v) is 7.03. The Labute approximate surface area is 126 Å². The third-order valence-corrected chi connectivity index (χ3v) is 5.53. The number of ether oxygens (including phenoxy) is 1. The lowest BCUT2D eigenvalue weighted by molar-refractivity contribution is 0.219. The maximum absolute atomic E-state index is 5.57. The highest BCUT2D eigenvalue weighted by Gasteiger charge is 2.23. The van der Waals surface area contributed by atoms with Crippen molar-refractivity contribution in [3.8, 4) is 0 Å². The Hall–Kier alpha value is -0.800. The summed E-state index contributed by atoms with van der Waals surface area (Å²) in [6.45, 7) is 4.19. The quantitative estimate of drug-likeness (QED) is 0.870. The first-order chi connectivity index (χ1) is 9.88. The lowest BCUT2D eigenvalue weighted by Gasteiger charge is -2.23. The van der Waals surface area contributed by atoms with Crippen LogP contribution in [-0.2, 0) is 17.6 Å². The zero-order chi connectivity index (χ0) is 13.8. The van der Waals surface area contributed by atoms with Crippen molar-refractivity contribution < 1.29 is 4.74 Å². The molecule has 1 N–H and O–H groups in total. The second kappa shape index (κ2) is 6.77. The highest BCUT2D eigenvalue weighted by Crippen LogP contribution is 2.37. The molecule has 1 aliphatic carbocycles. The van der Waals surface area contributed by atoms with Crippen LogP contribution in [0.5, 0.6) is 0 Å². The Morgan fingerprint density at radius 3 is 2.90 bits per heavy atom. The number of rotatable bonds is 5. The zero-order valence-corrected chi connectivity index (χ0v) is 13.2. The van der Waals surface area contributed by atoms with Gasteiger partial charge in [-0.1, -0.05) is 6.92 Å².